The predicted octanol–water partition coefficient (Wildman–Crippen LogP) is 2.43. The molecule has 4 rings (SSSR count). The van der Waals surface area contributed by atoms with Crippen LogP contribution in [-0.2, 0) is 22.5 Å². The Morgan fingerprint density at radius 1 is 1.37 bits per heavy atom. The monoisotopic (exact) mass is 449 g/mol. The molecule has 0 aliphatic carbocycles. The zero-order valence-electron chi connectivity index (χ0n) is 16.8. The van der Waals surface area contributed by atoms with Gasteiger partial charge in [0.1, 0.15) is 13.2 Å². The number of amides is 1. The molecule has 10 heteroatoms. The highest BCUT2D eigenvalue weighted by atomic mass is 32.2. The molecule has 0 radical (unpaired) electrons. The molecule has 8 nitrogen and oxygen atoms in total. The van der Waals surface area contributed by atoms with E-state index in [2.05, 4.69) is 17.2 Å². The maximum absolute atomic E-state index is 12.9. The zero-order chi connectivity index (χ0) is 21.1. The largest absolute Gasteiger partial charge is 0.486 e. The first kappa shape index (κ1) is 21.1. The highest BCUT2D eigenvalue weighted by Gasteiger charge is 2.26. The number of carbonyl (C=O) groups is 1. The summed E-state index contributed by atoms with van der Waals surface area (Å²) < 4.78 is 17.8. The minimum absolute atomic E-state index is 0.0545. The van der Waals surface area contributed by atoms with E-state index in [1.807, 2.05) is 0 Å². The van der Waals surface area contributed by atoms with Crippen LogP contribution in [0.1, 0.15) is 12.6 Å². The minimum atomic E-state index is -0.188. The summed E-state index contributed by atoms with van der Waals surface area (Å²) in [5.74, 6) is 1.24. The Hall–Kier alpha value is -2.17. The summed E-state index contributed by atoms with van der Waals surface area (Å²) in [6.45, 7) is 3.89. The van der Waals surface area contributed by atoms with E-state index in [0.29, 0.717) is 58.9 Å². The molecule has 0 saturated carbocycles. The number of ether oxygens (including phenoxy) is 3. The number of methoxy groups -OCH3 is 1. The molecule has 1 amide bonds. The van der Waals surface area contributed by atoms with E-state index in [-0.39, 0.29) is 17.2 Å². The number of anilines is 1. The van der Waals surface area contributed by atoms with Gasteiger partial charge in [-0.25, -0.2) is 4.98 Å². The first-order chi connectivity index (χ1) is 14.5. The van der Waals surface area contributed by atoms with E-state index in [9.17, 15) is 9.59 Å². The Bertz CT molecular complexity index is 1010. The molecule has 0 unspecified atom stereocenters. The maximum atomic E-state index is 12.9. The van der Waals surface area contributed by atoms with Gasteiger partial charge in [0.25, 0.3) is 5.56 Å². The van der Waals surface area contributed by atoms with Crippen LogP contribution in [0.3, 0.4) is 0 Å². The number of aromatic nitrogens is 2. The fourth-order valence-electron chi connectivity index (χ4n) is 3.27. The number of rotatable bonds is 7. The first-order valence-corrected chi connectivity index (χ1v) is 11.5. The van der Waals surface area contributed by atoms with Crippen LogP contribution in [0.4, 0.5) is 5.69 Å². The van der Waals surface area contributed by atoms with Crippen LogP contribution in [-0.4, -0.2) is 53.4 Å². The number of nitrogens with one attached hydrogen (secondary N) is 1. The standard InChI is InChI=1S/C20H23N3O5S2/c1-12-9-14-18(30-12)19(25)23(5-6-26-2)20(22-14)29-11-17(24)21-13-3-4-15-16(10-13)28-8-7-27-15/h3-4,10,12H,5-9,11H2,1-2H3,(H,21,24)/t12-/m1/s1. The van der Waals surface area contributed by atoms with Gasteiger partial charge in [-0.05, 0) is 12.1 Å². The Morgan fingerprint density at radius 3 is 2.97 bits per heavy atom. The number of hydrogen-bond acceptors (Lipinski definition) is 8. The summed E-state index contributed by atoms with van der Waals surface area (Å²) in [5, 5.41) is 3.73. The summed E-state index contributed by atoms with van der Waals surface area (Å²) in [7, 11) is 1.59. The van der Waals surface area contributed by atoms with Crippen LogP contribution in [0.5, 0.6) is 11.5 Å². The van der Waals surface area contributed by atoms with Gasteiger partial charge in [0.2, 0.25) is 5.91 Å². The van der Waals surface area contributed by atoms with Crippen molar-refractivity contribution in [1.82, 2.24) is 9.55 Å². The van der Waals surface area contributed by atoms with Gasteiger partial charge in [-0.1, -0.05) is 18.7 Å². The minimum Gasteiger partial charge on any atom is -0.486 e. The number of benzene rings is 1. The summed E-state index contributed by atoms with van der Waals surface area (Å²) in [4.78, 5) is 30.8. The van der Waals surface area contributed by atoms with Crippen molar-refractivity contribution in [3.63, 3.8) is 0 Å². The lowest BCUT2D eigenvalue weighted by molar-refractivity contribution is -0.113. The third kappa shape index (κ3) is 4.60. The van der Waals surface area contributed by atoms with Gasteiger partial charge >= 0.3 is 0 Å². The molecule has 0 spiro atoms. The molecule has 0 bridgehead atoms. The molecule has 1 aromatic carbocycles. The topological polar surface area (TPSA) is 91.7 Å². The third-order valence-corrected chi connectivity index (χ3v) is 6.83. The van der Waals surface area contributed by atoms with Gasteiger partial charge in [-0.2, -0.15) is 0 Å². The molecule has 2 aromatic rings. The molecule has 2 aliphatic rings. The summed E-state index contributed by atoms with van der Waals surface area (Å²) in [6.07, 6.45) is 0.761. The SMILES string of the molecule is COCCn1c(SCC(=O)Nc2ccc3c(c2)OCCO3)nc2c(c1=O)S[C@H](C)C2. The molecule has 0 fully saturated rings. The highest BCUT2D eigenvalue weighted by Crippen LogP contribution is 2.35. The molecule has 160 valence electrons. The molecule has 1 atom stereocenters. The van der Waals surface area contributed by atoms with E-state index in [1.165, 1.54) is 11.8 Å². The molecule has 1 aromatic heterocycles. The van der Waals surface area contributed by atoms with Crippen LogP contribution in [0, 0.1) is 0 Å². The molecule has 0 saturated heterocycles. The van der Waals surface area contributed by atoms with Crippen LogP contribution >= 0.6 is 23.5 Å². The summed E-state index contributed by atoms with van der Waals surface area (Å²) in [6, 6.07) is 5.30. The van der Waals surface area contributed by atoms with Crippen LogP contribution in [0.2, 0.25) is 0 Å². The second kappa shape index (κ2) is 9.32. The second-order valence-corrected chi connectivity index (χ2v) is 9.34. The van der Waals surface area contributed by atoms with Crippen molar-refractivity contribution in [2.24, 2.45) is 0 Å². The second-order valence-electron chi connectivity index (χ2n) is 6.95. The lowest BCUT2D eigenvalue weighted by Gasteiger charge is -2.19. The highest BCUT2D eigenvalue weighted by molar-refractivity contribution is 8.00. The zero-order valence-corrected chi connectivity index (χ0v) is 18.4. The molecular formula is C20H23N3O5S2. The van der Waals surface area contributed by atoms with Gasteiger partial charge in [0.15, 0.2) is 16.7 Å². The van der Waals surface area contributed by atoms with Gasteiger partial charge in [-0.3, -0.25) is 14.2 Å². The molecule has 3 heterocycles. The lowest BCUT2D eigenvalue weighted by atomic mass is 10.2. The number of hydrogen-bond donors (Lipinski definition) is 1. The Morgan fingerprint density at radius 2 is 2.17 bits per heavy atom. The lowest BCUT2D eigenvalue weighted by Crippen LogP contribution is -2.27. The smallest absolute Gasteiger partial charge is 0.268 e. The third-order valence-electron chi connectivity index (χ3n) is 4.64. The fraction of sp³-hybridized carbons (Fsp3) is 0.450. The van der Waals surface area contributed by atoms with E-state index in [0.717, 1.165) is 12.1 Å². The number of thioether (sulfide) groups is 2. The van der Waals surface area contributed by atoms with Gasteiger partial charge in [0.05, 0.1) is 29.5 Å². The van der Waals surface area contributed by atoms with Crippen LogP contribution in [0.15, 0.2) is 33.0 Å². The molecular weight excluding hydrogens is 426 g/mol. The van der Waals surface area contributed by atoms with Gasteiger partial charge in [-0.15, -0.1) is 11.8 Å². The molecule has 2 aliphatic heterocycles. The molecule has 1 N–H and O–H groups in total. The Balaban J connectivity index is 1.46. The van der Waals surface area contributed by atoms with E-state index in [1.54, 1.807) is 41.6 Å². The predicted molar refractivity (Wildman–Crippen MR) is 116 cm³/mol. The van der Waals surface area contributed by atoms with Crippen LogP contribution in [0.25, 0.3) is 0 Å². The molecule has 30 heavy (non-hydrogen) atoms. The van der Waals surface area contributed by atoms with Crippen LogP contribution < -0.4 is 20.3 Å². The Labute approximate surface area is 182 Å². The van der Waals surface area contributed by atoms with Crippen molar-refractivity contribution in [1.29, 1.82) is 0 Å². The van der Waals surface area contributed by atoms with Crippen molar-refractivity contribution in [2.45, 2.75) is 35.2 Å². The van der Waals surface area contributed by atoms with Gasteiger partial charge in [0, 0.05) is 30.5 Å². The Kier molecular flexibility index (Phi) is 6.55. The summed E-state index contributed by atoms with van der Waals surface area (Å²) >= 11 is 2.82. The van der Waals surface area contributed by atoms with E-state index in [4.69, 9.17) is 14.2 Å². The summed E-state index contributed by atoms with van der Waals surface area (Å²) in [5.41, 5.74) is 1.40. The normalized spacial score (nSPS) is 16.9. The first-order valence-electron chi connectivity index (χ1n) is 9.66. The quantitative estimate of drug-likeness (QED) is 0.509. The van der Waals surface area contributed by atoms with E-state index >= 15 is 0 Å². The van der Waals surface area contributed by atoms with E-state index < -0.39 is 0 Å². The average molecular weight is 450 g/mol. The van der Waals surface area contributed by atoms with Crippen molar-refractivity contribution in [3.8, 4) is 11.5 Å². The fourth-order valence-corrected chi connectivity index (χ4v) is 5.23. The number of fused-ring (bicyclic) bond motifs is 2. The maximum Gasteiger partial charge on any atom is 0.268 e. The van der Waals surface area contributed by atoms with Crippen molar-refractivity contribution in [2.75, 3.05) is 38.0 Å². The average Bonchev–Trinajstić information content (AvgIpc) is 3.12. The van der Waals surface area contributed by atoms with Crippen molar-refractivity contribution in [3.05, 3.63) is 34.2 Å². The number of carbonyl (C=O) groups excluding carboxylic acids is 1. The number of nitrogens with zero attached hydrogens (tertiary/aromatic N) is 2. The van der Waals surface area contributed by atoms with Crippen molar-refractivity contribution >= 4 is 35.1 Å². The van der Waals surface area contributed by atoms with Crippen molar-refractivity contribution < 1.29 is 19.0 Å². The van der Waals surface area contributed by atoms with Gasteiger partial charge < -0.3 is 19.5 Å².